The van der Waals surface area contributed by atoms with Crippen LogP contribution in [0.5, 0.6) is 0 Å². The van der Waals surface area contributed by atoms with Gasteiger partial charge in [0.15, 0.2) is 0 Å². The first-order valence-corrected chi connectivity index (χ1v) is 7.15. The van der Waals surface area contributed by atoms with Crippen molar-refractivity contribution in [3.8, 4) is 0 Å². The van der Waals surface area contributed by atoms with Gasteiger partial charge in [-0.05, 0) is 38.8 Å². The molecule has 108 valence electrons. The van der Waals surface area contributed by atoms with E-state index in [1.54, 1.807) is 4.90 Å². The Hall–Kier alpha value is -1.30. The lowest BCUT2D eigenvalue weighted by Crippen LogP contribution is -2.50. The molecule has 0 aromatic rings. The summed E-state index contributed by atoms with van der Waals surface area (Å²) < 4.78 is 0. The molecule has 6 nitrogen and oxygen atoms in total. The third kappa shape index (κ3) is 4.09. The highest BCUT2D eigenvalue weighted by atomic mass is 16.4. The van der Waals surface area contributed by atoms with Gasteiger partial charge in [-0.25, -0.2) is 4.79 Å². The third-order valence-electron chi connectivity index (χ3n) is 4.12. The van der Waals surface area contributed by atoms with Crippen LogP contribution in [-0.2, 0) is 4.79 Å². The van der Waals surface area contributed by atoms with Crippen LogP contribution in [0.15, 0.2) is 0 Å². The number of amides is 2. The van der Waals surface area contributed by atoms with E-state index >= 15 is 0 Å². The van der Waals surface area contributed by atoms with E-state index in [0.717, 1.165) is 25.9 Å². The van der Waals surface area contributed by atoms with E-state index < -0.39 is 6.09 Å². The quantitative estimate of drug-likeness (QED) is 0.792. The Labute approximate surface area is 113 Å². The van der Waals surface area contributed by atoms with Crippen LogP contribution >= 0.6 is 0 Å². The van der Waals surface area contributed by atoms with Crippen LogP contribution in [0.4, 0.5) is 4.79 Å². The van der Waals surface area contributed by atoms with E-state index in [0.29, 0.717) is 6.04 Å². The molecule has 6 heteroatoms. The highest BCUT2D eigenvalue weighted by Crippen LogP contribution is 2.20. The minimum atomic E-state index is -1.14. The van der Waals surface area contributed by atoms with Crippen molar-refractivity contribution < 1.29 is 14.7 Å². The zero-order chi connectivity index (χ0) is 13.7. The molecule has 2 amide bonds. The van der Waals surface area contributed by atoms with Gasteiger partial charge in [0.25, 0.3) is 0 Å². The van der Waals surface area contributed by atoms with Gasteiger partial charge in [-0.15, -0.1) is 0 Å². The lowest BCUT2D eigenvalue weighted by molar-refractivity contribution is -0.131. The van der Waals surface area contributed by atoms with Gasteiger partial charge >= 0.3 is 6.09 Å². The van der Waals surface area contributed by atoms with Crippen molar-refractivity contribution in [2.24, 2.45) is 0 Å². The SMILES string of the molecule is O=C(O)NCC(=O)N1CCC(N2CCCCC2)CC1. The van der Waals surface area contributed by atoms with Crippen molar-refractivity contribution in [1.82, 2.24) is 15.1 Å². The smallest absolute Gasteiger partial charge is 0.405 e. The minimum absolute atomic E-state index is 0.107. The fourth-order valence-electron chi connectivity index (χ4n) is 3.03. The number of nitrogens with one attached hydrogen (secondary N) is 1. The molecule has 0 saturated carbocycles. The van der Waals surface area contributed by atoms with E-state index in [4.69, 9.17) is 5.11 Å². The topological polar surface area (TPSA) is 72.9 Å². The molecular weight excluding hydrogens is 246 g/mol. The van der Waals surface area contributed by atoms with Crippen LogP contribution < -0.4 is 5.32 Å². The summed E-state index contributed by atoms with van der Waals surface area (Å²) in [7, 11) is 0. The van der Waals surface area contributed by atoms with E-state index in [2.05, 4.69) is 10.2 Å². The number of piperidine rings is 2. The summed E-state index contributed by atoms with van der Waals surface area (Å²) in [6.45, 7) is 3.78. The van der Waals surface area contributed by atoms with Gasteiger partial charge < -0.3 is 20.2 Å². The second-order valence-corrected chi connectivity index (χ2v) is 5.37. The minimum Gasteiger partial charge on any atom is -0.465 e. The zero-order valence-corrected chi connectivity index (χ0v) is 11.3. The third-order valence-corrected chi connectivity index (χ3v) is 4.12. The van der Waals surface area contributed by atoms with Gasteiger partial charge in [-0.2, -0.15) is 0 Å². The molecule has 2 fully saturated rings. The molecule has 2 aliphatic heterocycles. The van der Waals surface area contributed by atoms with Crippen LogP contribution in [0.3, 0.4) is 0 Å². The Morgan fingerprint density at radius 2 is 1.68 bits per heavy atom. The number of nitrogens with zero attached hydrogens (tertiary/aromatic N) is 2. The highest BCUT2D eigenvalue weighted by Gasteiger charge is 2.27. The second-order valence-electron chi connectivity index (χ2n) is 5.37. The molecule has 0 bridgehead atoms. The Bertz CT molecular complexity index is 321. The molecule has 0 aromatic heterocycles. The predicted molar refractivity (Wildman–Crippen MR) is 71.1 cm³/mol. The maximum atomic E-state index is 11.8. The first-order chi connectivity index (χ1) is 9.16. The molecule has 2 saturated heterocycles. The number of hydrogen-bond donors (Lipinski definition) is 2. The van der Waals surface area contributed by atoms with Crippen LogP contribution in [-0.4, -0.2) is 65.7 Å². The number of carbonyl (C=O) groups is 2. The van der Waals surface area contributed by atoms with E-state index in [1.807, 2.05) is 0 Å². The average Bonchev–Trinajstić information content (AvgIpc) is 2.46. The van der Waals surface area contributed by atoms with Crippen LogP contribution in [0.2, 0.25) is 0 Å². The van der Waals surface area contributed by atoms with E-state index in [9.17, 15) is 9.59 Å². The van der Waals surface area contributed by atoms with Gasteiger partial charge in [0.1, 0.15) is 6.54 Å². The normalized spacial score (nSPS) is 22.2. The molecule has 0 spiro atoms. The predicted octanol–water partition coefficient (Wildman–Crippen LogP) is 0.731. The average molecular weight is 269 g/mol. The largest absolute Gasteiger partial charge is 0.465 e. The first-order valence-electron chi connectivity index (χ1n) is 7.15. The summed E-state index contributed by atoms with van der Waals surface area (Å²) in [6.07, 6.45) is 4.81. The molecule has 0 aliphatic carbocycles. The monoisotopic (exact) mass is 269 g/mol. The summed E-state index contributed by atoms with van der Waals surface area (Å²) in [5.41, 5.74) is 0. The molecule has 0 atom stereocenters. The van der Waals surface area contributed by atoms with E-state index in [1.165, 1.54) is 32.4 Å². The molecule has 2 N–H and O–H groups in total. The van der Waals surface area contributed by atoms with Crippen molar-refractivity contribution in [2.45, 2.75) is 38.1 Å². The summed E-state index contributed by atoms with van der Waals surface area (Å²) in [4.78, 5) is 26.5. The molecule has 2 rings (SSSR count). The lowest BCUT2D eigenvalue weighted by atomic mass is 10.00. The van der Waals surface area contributed by atoms with Crippen molar-refractivity contribution >= 4 is 12.0 Å². The van der Waals surface area contributed by atoms with Gasteiger partial charge in [0.2, 0.25) is 5.91 Å². The molecule has 2 aliphatic rings. The van der Waals surface area contributed by atoms with Gasteiger partial charge in [0, 0.05) is 19.1 Å². The second kappa shape index (κ2) is 6.75. The van der Waals surface area contributed by atoms with Crippen LogP contribution in [0.25, 0.3) is 0 Å². The van der Waals surface area contributed by atoms with Crippen LogP contribution in [0.1, 0.15) is 32.1 Å². The Balaban J connectivity index is 1.72. The zero-order valence-electron chi connectivity index (χ0n) is 11.3. The Morgan fingerprint density at radius 3 is 2.26 bits per heavy atom. The molecular formula is C13H23N3O3. The Kier molecular flexibility index (Phi) is 5.01. The van der Waals surface area contributed by atoms with Gasteiger partial charge in [-0.1, -0.05) is 6.42 Å². The van der Waals surface area contributed by atoms with Crippen molar-refractivity contribution in [3.05, 3.63) is 0 Å². The molecule has 0 radical (unpaired) electrons. The van der Waals surface area contributed by atoms with Gasteiger partial charge in [-0.3, -0.25) is 4.79 Å². The summed E-state index contributed by atoms with van der Waals surface area (Å²) in [5, 5.41) is 10.6. The van der Waals surface area contributed by atoms with Crippen LogP contribution in [0, 0.1) is 0 Å². The number of likely N-dealkylation sites (tertiary alicyclic amines) is 2. The fraction of sp³-hybridized carbons (Fsp3) is 0.846. The fourth-order valence-corrected chi connectivity index (χ4v) is 3.03. The van der Waals surface area contributed by atoms with Crippen molar-refractivity contribution in [3.63, 3.8) is 0 Å². The summed E-state index contributed by atoms with van der Waals surface area (Å²) in [6, 6.07) is 0.608. The molecule has 0 aromatic carbocycles. The maximum Gasteiger partial charge on any atom is 0.405 e. The van der Waals surface area contributed by atoms with Gasteiger partial charge in [0.05, 0.1) is 0 Å². The molecule has 19 heavy (non-hydrogen) atoms. The van der Waals surface area contributed by atoms with Crippen molar-refractivity contribution in [1.29, 1.82) is 0 Å². The standard InChI is InChI=1S/C13H23N3O3/c17-12(10-14-13(18)19)16-8-4-11(5-9-16)15-6-2-1-3-7-15/h11,14H,1-10H2,(H,18,19). The number of carboxylic acid groups (broad SMARTS) is 1. The number of rotatable bonds is 3. The number of carbonyl (C=O) groups excluding carboxylic acids is 1. The highest BCUT2D eigenvalue weighted by molar-refractivity contribution is 5.81. The number of hydrogen-bond acceptors (Lipinski definition) is 3. The van der Waals surface area contributed by atoms with E-state index in [-0.39, 0.29) is 12.5 Å². The maximum absolute atomic E-state index is 11.8. The Morgan fingerprint density at radius 1 is 1.05 bits per heavy atom. The summed E-state index contributed by atoms with van der Waals surface area (Å²) in [5.74, 6) is -0.112. The lowest BCUT2D eigenvalue weighted by Gasteiger charge is -2.40. The first kappa shape index (κ1) is 14.1. The molecule has 2 heterocycles. The summed E-state index contributed by atoms with van der Waals surface area (Å²) >= 11 is 0. The van der Waals surface area contributed by atoms with Crippen molar-refractivity contribution in [2.75, 3.05) is 32.7 Å². The molecule has 0 unspecified atom stereocenters.